The summed E-state index contributed by atoms with van der Waals surface area (Å²) in [4.78, 5) is 14.9. The van der Waals surface area contributed by atoms with Crippen LogP contribution in [0.25, 0.3) is 0 Å². The number of aromatic carboxylic acids is 1. The predicted molar refractivity (Wildman–Crippen MR) is 67.5 cm³/mol. The first-order valence-corrected chi connectivity index (χ1v) is 6.54. The minimum Gasteiger partial charge on any atom is -0.478 e. The second-order valence-corrected chi connectivity index (χ2v) is 4.90. The first-order valence-electron chi connectivity index (χ1n) is 5.55. The van der Waals surface area contributed by atoms with E-state index in [1.165, 1.54) is 30.1 Å². The van der Waals surface area contributed by atoms with Crippen molar-refractivity contribution >= 4 is 17.7 Å². The van der Waals surface area contributed by atoms with Crippen LogP contribution in [0.3, 0.4) is 0 Å². The van der Waals surface area contributed by atoms with E-state index in [9.17, 15) is 9.90 Å². The summed E-state index contributed by atoms with van der Waals surface area (Å²) in [5.41, 5.74) is -0.481. The van der Waals surface area contributed by atoms with Gasteiger partial charge in [-0.1, -0.05) is 13.8 Å². The quantitative estimate of drug-likeness (QED) is 0.764. The van der Waals surface area contributed by atoms with Gasteiger partial charge in [-0.25, -0.2) is 9.78 Å². The van der Waals surface area contributed by atoms with Crippen molar-refractivity contribution in [2.45, 2.75) is 37.3 Å². The van der Waals surface area contributed by atoms with Crippen molar-refractivity contribution in [2.24, 2.45) is 0 Å². The molecule has 4 nitrogen and oxygen atoms in total. The Morgan fingerprint density at radius 2 is 2.12 bits per heavy atom. The number of aromatic nitrogens is 1. The van der Waals surface area contributed by atoms with E-state index in [0.29, 0.717) is 23.6 Å². The van der Waals surface area contributed by atoms with Crippen LogP contribution in [-0.4, -0.2) is 32.5 Å². The second-order valence-electron chi connectivity index (χ2n) is 3.91. The smallest absolute Gasteiger partial charge is 0.335 e. The molecule has 0 aliphatic rings. The van der Waals surface area contributed by atoms with Crippen molar-refractivity contribution in [3.05, 3.63) is 23.9 Å². The Balaban J connectivity index is 2.69. The largest absolute Gasteiger partial charge is 0.478 e. The lowest BCUT2D eigenvalue weighted by Gasteiger charge is -2.24. The number of carboxylic acid groups (broad SMARTS) is 1. The zero-order valence-electron chi connectivity index (χ0n) is 10.0. The lowest BCUT2D eigenvalue weighted by Crippen LogP contribution is -2.29. The zero-order chi connectivity index (χ0) is 12.9. The average molecular weight is 255 g/mol. The van der Waals surface area contributed by atoms with Crippen molar-refractivity contribution < 1.29 is 15.0 Å². The highest BCUT2D eigenvalue weighted by Gasteiger charge is 2.22. The summed E-state index contributed by atoms with van der Waals surface area (Å²) in [7, 11) is 0. The van der Waals surface area contributed by atoms with Crippen LogP contribution in [-0.2, 0) is 0 Å². The number of rotatable bonds is 6. The summed E-state index contributed by atoms with van der Waals surface area (Å²) in [6.07, 6.45) is 2.83. The third-order valence-electron chi connectivity index (χ3n) is 2.79. The molecule has 0 saturated carbocycles. The highest BCUT2D eigenvalue weighted by Crippen LogP contribution is 2.25. The maximum Gasteiger partial charge on any atom is 0.335 e. The average Bonchev–Trinajstić information content (AvgIpc) is 2.36. The van der Waals surface area contributed by atoms with E-state index in [4.69, 9.17) is 5.11 Å². The molecule has 94 valence electrons. The van der Waals surface area contributed by atoms with Gasteiger partial charge in [-0.05, 0) is 25.0 Å². The molecule has 0 aliphatic carbocycles. The molecule has 0 atom stereocenters. The number of hydrogen-bond donors (Lipinski definition) is 2. The molecule has 5 heteroatoms. The van der Waals surface area contributed by atoms with Gasteiger partial charge in [0, 0.05) is 11.9 Å². The van der Waals surface area contributed by atoms with Gasteiger partial charge in [-0.3, -0.25) is 0 Å². The first kappa shape index (κ1) is 14.0. The Morgan fingerprint density at radius 1 is 1.47 bits per heavy atom. The van der Waals surface area contributed by atoms with Gasteiger partial charge in [0.2, 0.25) is 0 Å². The monoisotopic (exact) mass is 255 g/mol. The Labute approximate surface area is 105 Å². The lowest BCUT2D eigenvalue weighted by atomic mass is 10.0. The van der Waals surface area contributed by atoms with E-state index < -0.39 is 11.6 Å². The van der Waals surface area contributed by atoms with Crippen molar-refractivity contribution in [1.29, 1.82) is 0 Å². The van der Waals surface area contributed by atoms with Gasteiger partial charge in [0.05, 0.1) is 16.2 Å². The maximum absolute atomic E-state index is 10.8. The van der Waals surface area contributed by atoms with E-state index in [-0.39, 0.29) is 5.56 Å². The molecule has 1 aromatic rings. The Bertz CT molecular complexity index is 391. The molecule has 0 bridgehead atoms. The van der Waals surface area contributed by atoms with Crippen LogP contribution in [0.5, 0.6) is 0 Å². The number of nitrogens with zero attached hydrogens (tertiary/aromatic N) is 1. The summed E-state index contributed by atoms with van der Waals surface area (Å²) >= 11 is 1.38. The van der Waals surface area contributed by atoms with Gasteiger partial charge in [0.15, 0.2) is 0 Å². The van der Waals surface area contributed by atoms with Crippen molar-refractivity contribution in [3.8, 4) is 0 Å². The van der Waals surface area contributed by atoms with E-state index >= 15 is 0 Å². The number of carboxylic acids is 1. The Morgan fingerprint density at radius 3 is 2.65 bits per heavy atom. The molecule has 0 saturated heterocycles. The number of pyridine rings is 1. The molecule has 0 unspecified atom stereocenters. The highest BCUT2D eigenvalue weighted by molar-refractivity contribution is 7.99. The van der Waals surface area contributed by atoms with E-state index in [0.717, 1.165) is 0 Å². The topological polar surface area (TPSA) is 70.4 Å². The second kappa shape index (κ2) is 6.02. The fraction of sp³-hybridized carbons (Fsp3) is 0.500. The molecule has 0 amide bonds. The summed E-state index contributed by atoms with van der Waals surface area (Å²) in [6.45, 7) is 3.87. The summed E-state index contributed by atoms with van der Waals surface area (Å²) in [5, 5.41) is 19.6. The fourth-order valence-corrected chi connectivity index (χ4v) is 2.45. The van der Waals surface area contributed by atoms with Gasteiger partial charge in [-0.2, -0.15) is 0 Å². The molecule has 0 spiro atoms. The standard InChI is InChI=1S/C12H17NO3S/c1-3-12(16,4-2)8-17-10-7-9(11(14)15)5-6-13-10/h5-7,16H,3-4,8H2,1-2H3,(H,14,15). The number of thioether (sulfide) groups is 1. The van der Waals surface area contributed by atoms with Crippen molar-refractivity contribution in [1.82, 2.24) is 4.98 Å². The number of carbonyl (C=O) groups is 1. The molecule has 0 fully saturated rings. The molecule has 17 heavy (non-hydrogen) atoms. The molecule has 0 aliphatic heterocycles. The minimum atomic E-state index is -0.963. The van der Waals surface area contributed by atoms with Gasteiger partial charge in [0.25, 0.3) is 0 Å². The van der Waals surface area contributed by atoms with E-state index in [2.05, 4.69) is 4.98 Å². The van der Waals surface area contributed by atoms with Gasteiger partial charge < -0.3 is 10.2 Å². The van der Waals surface area contributed by atoms with E-state index in [1.807, 2.05) is 13.8 Å². The third-order valence-corrected chi connectivity index (χ3v) is 3.99. The van der Waals surface area contributed by atoms with Crippen LogP contribution in [0.1, 0.15) is 37.0 Å². The third kappa shape index (κ3) is 4.02. The van der Waals surface area contributed by atoms with Crippen LogP contribution in [0.15, 0.2) is 23.4 Å². The molecule has 0 radical (unpaired) electrons. The molecule has 2 N–H and O–H groups in total. The lowest BCUT2D eigenvalue weighted by molar-refractivity contribution is 0.0571. The SMILES string of the molecule is CCC(O)(CC)CSc1cc(C(=O)O)ccn1. The molecule has 1 heterocycles. The number of hydrogen-bond acceptors (Lipinski definition) is 4. The Hall–Kier alpha value is -1.07. The first-order chi connectivity index (χ1) is 8.00. The maximum atomic E-state index is 10.8. The molecular formula is C12H17NO3S. The Kier molecular flexibility index (Phi) is 4.96. The molecular weight excluding hydrogens is 238 g/mol. The minimum absolute atomic E-state index is 0.221. The van der Waals surface area contributed by atoms with Crippen LogP contribution >= 0.6 is 11.8 Å². The van der Waals surface area contributed by atoms with Crippen molar-refractivity contribution in [3.63, 3.8) is 0 Å². The van der Waals surface area contributed by atoms with E-state index in [1.54, 1.807) is 0 Å². The van der Waals surface area contributed by atoms with Gasteiger partial charge in [-0.15, -0.1) is 11.8 Å². The summed E-state index contributed by atoms with van der Waals surface area (Å²) in [6, 6.07) is 2.98. The van der Waals surface area contributed by atoms with Crippen LogP contribution in [0, 0.1) is 0 Å². The summed E-state index contributed by atoms with van der Waals surface area (Å²) in [5.74, 6) is -0.439. The highest BCUT2D eigenvalue weighted by atomic mass is 32.2. The van der Waals surface area contributed by atoms with Crippen LogP contribution in [0.2, 0.25) is 0 Å². The van der Waals surface area contributed by atoms with Crippen LogP contribution < -0.4 is 0 Å². The fourth-order valence-electron chi connectivity index (χ4n) is 1.28. The molecule has 0 aromatic carbocycles. The molecule has 1 aromatic heterocycles. The molecule has 1 rings (SSSR count). The van der Waals surface area contributed by atoms with Gasteiger partial charge in [0.1, 0.15) is 0 Å². The van der Waals surface area contributed by atoms with Gasteiger partial charge >= 0.3 is 5.97 Å². The number of aliphatic hydroxyl groups is 1. The zero-order valence-corrected chi connectivity index (χ0v) is 10.8. The van der Waals surface area contributed by atoms with Crippen LogP contribution in [0.4, 0.5) is 0 Å². The summed E-state index contributed by atoms with van der Waals surface area (Å²) < 4.78 is 0. The normalized spacial score (nSPS) is 11.5. The van der Waals surface area contributed by atoms with Crippen molar-refractivity contribution in [2.75, 3.05) is 5.75 Å². The predicted octanol–water partition coefficient (Wildman–Crippen LogP) is 2.42.